The maximum Gasteiger partial charge on any atom is 0.159 e. The number of benzene rings is 2. The number of piperidine rings is 1. The number of H-pyrrole nitrogens is 1. The van der Waals surface area contributed by atoms with Crippen LogP contribution in [0.3, 0.4) is 0 Å². The van der Waals surface area contributed by atoms with E-state index in [0.29, 0.717) is 5.92 Å². The van der Waals surface area contributed by atoms with Crippen LogP contribution in [0, 0.1) is 6.92 Å². The Morgan fingerprint density at radius 1 is 1.15 bits per heavy atom. The van der Waals surface area contributed by atoms with Crippen molar-refractivity contribution in [2.24, 2.45) is 0 Å². The average Bonchev–Trinajstić information content (AvgIpc) is 3.08. The molecule has 0 bridgehead atoms. The molecule has 1 N–H and O–H groups in total. The van der Waals surface area contributed by atoms with Gasteiger partial charge in [0.05, 0.1) is 11.0 Å². The van der Waals surface area contributed by atoms with Crippen LogP contribution < -0.4 is 0 Å². The maximum absolute atomic E-state index is 11.4. The molecule has 0 spiro atoms. The van der Waals surface area contributed by atoms with Crippen molar-refractivity contribution in [2.45, 2.75) is 39.2 Å². The summed E-state index contributed by atoms with van der Waals surface area (Å²) in [5.41, 5.74) is 5.54. The second-order valence-electron chi connectivity index (χ2n) is 7.40. The molecule has 2 aromatic carbocycles. The normalized spacial score (nSPS) is 16.2. The van der Waals surface area contributed by atoms with E-state index in [0.717, 1.165) is 54.9 Å². The standard InChI is InChI=1S/C22H25N3O/c1-15-4-3-5-20-21(15)24-22(23-20)19-10-12-25(13-11-19)14-17-6-8-18(9-7-17)16(2)26/h3-9,19H,10-14H2,1-2H3,(H,23,24). The van der Waals surface area contributed by atoms with Crippen LogP contribution in [0.2, 0.25) is 0 Å². The van der Waals surface area contributed by atoms with Crippen molar-refractivity contribution in [3.63, 3.8) is 0 Å². The Kier molecular flexibility index (Phi) is 4.60. The van der Waals surface area contributed by atoms with E-state index in [1.165, 1.54) is 11.1 Å². The van der Waals surface area contributed by atoms with Gasteiger partial charge in [0.2, 0.25) is 0 Å². The quantitative estimate of drug-likeness (QED) is 0.709. The van der Waals surface area contributed by atoms with Gasteiger partial charge < -0.3 is 4.98 Å². The predicted molar refractivity (Wildman–Crippen MR) is 105 cm³/mol. The van der Waals surface area contributed by atoms with E-state index in [2.05, 4.69) is 47.1 Å². The van der Waals surface area contributed by atoms with Crippen molar-refractivity contribution < 1.29 is 4.79 Å². The number of aryl methyl sites for hydroxylation is 1. The number of aromatic nitrogens is 2. The van der Waals surface area contributed by atoms with Gasteiger partial charge in [0.25, 0.3) is 0 Å². The molecule has 1 aromatic heterocycles. The van der Waals surface area contributed by atoms with Gasteiger partial charge in [-0.2, -0.15) is 0 Å². The van der Waals surface area contributed by atoms with E-state index < -0.39 is 0 Å². The second-order valence-corrected chi connectivity index (χ2v) is 7.40. The monoisotopic (exact) mass is 347 g/mol. The second kappa shape index (κ2) is 7.04. The Bertz CT molecular complexity index is 918. The molecule has 0 aliphatic carbocycles. The summed E-state index contributed by atoms with van der Waals surface area (Å²) in [5, 5.41) is 0. The molecular formula is C22H25N3O. The fraction of sp³-hybridized carbons (Fsp3) is 0.364. The molecule has 0 saturated carbocycles. The number of hydrogen-bond acceptors (Lipinski definition) is 3. The van der Waals surface area contributed by atoms with Crippen molar-refractivity contribution in [1.82, 2.24) is 14.9 Å². The molecule has 1 fully saturated rings. The number of carbonyl (C=O) groups excluding carboxylic acids is 1. The summed E-state index contributed by atoms with van der Waals surface area (Å²) in [6.07, 6.45) is 2.26. The van der Waals surface area contributed by atoms with Crippen LogP contribution in [-0.4, -0.2) is 33.7 Å². The fourth-order valence-corrected chi connectivity index (χ4v) is 3.86. The van der Waals surface area contributed by atoms with Crippen molar-refractivity contribution in [1.29, 1.82) is 0 Å². The number of carbonyl (C=O) groups is 1. The molecule has 3 aromatic rings. The number of nitrogens with zero attached hydrogens (tertiary/aromatic N) is 2. The first kappa shape index (κ1) is 17.0. The molecule has 26 heavy (non-hydrogen) atoms. The summed E-state index contributed by atoms with van der Waals surface area (Å²) >= 11 is 0. The molecule has 0 unspecified atom stereocenters. The topological polar surface area (TPSA) is 49.0 Å². The van der Waals surface area contributed by atoms with Crippen LogP contribution in [0.4, 0.5) is 0 Å². The molecule has 1 aliphatic heterocycles. The van der Waals surface area contributed by atoms with E-state index in [1.807, 2.05) is 12.1 Å². The summed E-state index contributed by atoms with van der Waals surface area (Å²) in [5.74, 6) is 1.77. The highest BCUT2D eigenvalue weighted by molar-refractivity contribution is 5.94. The Morgan fingerprint density at radius 3 is 2.54 bits per heavy atom. The lowest BCUT2D eigenvalue weighted by molar-refractivity contribution is 0.101. The zero-order valence-corrected chi connectivity index (χ0v) is 15.5. The largest absolute Gasteiger partial charge is 0.342 e. The van der Waals surface area contributed by atoms with Gasteiger partial charge in [-0.3, -0.25) is 9.69 Å². The lowest BCUT2D eigenvalue weighted by atomic mass is 9.95. The van der Waals surface area contributed by atoms with E-state index in [4.69, 9.17) is 4.98 Å². The highest BCUT2D eigenvalue weighted by Gasteiger charge is 2.23. The first-order valence-electron chi connectivity index (χ1n) is 9.37. The Labute approximate surface area is 154 Å². The van der Waals surface area contributed by atoms with Crippen LogP contribution in [-0.2, 0) is 6.54 Å². The van der Waals surface area contributed by atoms with E-state index >= 15 is 0 Å². The first-order valence-corrected chi connectivity index (χ1v) is 9.37. The zero-order chi connectivity index (χ0) is 18.1. The number of ketones is 1. The highest BCUT2D eigenvalue weighted by atomic mass is 16.1. The lowest BCUT2D eigenvalue weighted by Crippen LogP contribution is -2.32. The fourth-order valence-electron chi connectivity index (χ4n) is 3.86. The van der Waals surface area contributed by atoms with Crippen molar-refractivity contribution in [2.75, 3.05) is 13.1 Å². The molecule has 2 heterocycles. The van der Waals surface area contributed by atoms with Crippen molar-refractivity contribution in [3.8, 4) is 0 Å². The number of para-hydroxylation sites is 1. The SMILES string of the molecule is CC(=O)c1ccc(CN2CCC(c3nc4c(C)cccc4[nH]3)CC2)cc1. The lowest BCUT2D eigenvalue weighted by Gasteiger charge is -2.31. The summed E-state index contributed by atoms with van der Waals surface area (Å²) in [7, 11) is 0. The molecule has 4 nitrogen and oxygen atoms in total. The summed E-state index contributed by atoms with van der Waals surface area (Å²) in [6.45, 7) is 6.83. The molecule has 0 atom stereocenters. The minimum absolute atomic E-state index is 0.124. The average molecular weight is 347 g/mol. The number of imidazole rings is 1. The number of fused-ring (bicyclic) bond motifs is 1. The Balaban J connectivity index is 1.38. The van der Waals surface area contributed by atoms with E-state index in [-0.39, 0.29) is 5.78 Å². The molecule has 1 aliphatic rings. The molecule has 0 radical (unpaired) electrons. The van der Waals surface area contributed by atoms with Gasteiger partial charge in [0.1, 0.15) is 5.82 Å². The first-order chi connectivity index (χ1) is 12.6. The molecule has 4 rings (SSSR count). The molecule has 1 saturated heterocycles. The van der Waals surface area contributed by atoms with Gasteiger partial charge in [-0.05, 0) is 57.0 Å². The van der Waals surface area contributed by atoms with Gasteiger partial charge in [0.15, 0.2) is 5.78 Å². The van der Waals surface area contributed by atoms with E-state index in [9.17, 15) is 4.79 Å². The smallest absolute Gasteiger partial charge is 0.159 e. The van der Waals surface area contributed by atoms with Gasteiger partial charge in [-0.25, -0.2) is 4.98 Å². The van der Waals surface area contributed by atoms with Gasteiger partial charge >= 0.3 is 0 Å². The third-order valence-corrected chi connectivity index (χ3v) is 5.47. The Hall–Kier alpha value is -2.46. The maximum atomic E-state index is 11.4. The van der Waals surface area contributed by atoms with E-state index in [1.54, 1.807) is 6.92 Å². The number of nitrogens with one attached hydrogen (secondary N) is 1. The van der Waals surface area contributed by atoms with Crippen molar-refractivity contribution >= 4 is 16.8 Å². The molecular weight excluding hydrogens is 322 g/mol. The number of hydrogen-bond donors (Lipinski definition) is 1. The highest BCUT2D eigenvalue weighted by Crippen LogP contribution is 2.29. The van der Waals surface area contributed by atoms with Crippen LogP contribution in [0.1, 0.15) is 53.0 Å². The van der Waals surface area contributed by atoms with Crippen molar-refractivity contribution in [3.05, 3.63) is 65.0 Å². The van der Waals surface area contributed by atoms with Gasteiger partial charge in [0, 0.05) is 18.0 Å². The van der Waals surface area contributed by atoms with Gasteiger partial charge in [-0.15, -0.1) is 0 Å². The summed E-state index contributed by atoms with van der Waals surface area (Å²) < 4.78 is 0. The minimum Gasteiger partial charge on any atom is -0.342 e. The van der Waals surface area contributed by atoms with Crippen LogP contribution in [0.5, 0.6) is 0 Å². The Morgan fingerprint density at radius 2 is 1.88 bits per heavy atom. The van der Waals surface area contributed by atoms with Gasteiger partial charge in [-0.1, -0.05) is 36.4 Å². The zero-order valence-electron chi connectivity index (χ0n) is 15.5. The van der Waals surface area contributed by atoms with Crippen LogP contribution in [0.15, 0.2) is 42.5 Å². The number of rotatable bonds is 4. The molecule has 134 valence electrons. The minimum atomic E-state index is 0.124. The molecule has 4 heteroatoms. The number of likely N-dealkylation sites (tertiary alicyclic amines) is 1. The van der Waals surface area contributed by atoms with Crippen LogP contribution >= 0.6 is 0 Å². The predicted octanol–water partition coefficient (Wildman–Crippen LogP) is 4.45. The third kappa shape index (κ3) is 3.42. The number of Topliss-reactive ketones (excluding diaryl/α,β-unsaturated/α-hetero) is 1. The molecule has 0 amide bonds. The van der Waals surface area contributed by atoms with Crippen LogP contribution in [0.25, 0.3) is 11.0 Å². The summed E-state index contributed by atoms with van der Waals surface area (Å²) in [4.78, 5) is 22.3. The number of aromatic amines is 1. The summed E-state index contributed by atoms with van der Waals surface area (Å²) in [6, 6.07) is 14.3. The third-order valence-electron chi connectivity index (χ3n) is 5.47.